The zero-order valence-electron chi connectivity index (χ0n) is 13.0. The molecule has 0 bridgehead atoms. The molecule has 2 heterocycles. The summed E-state index contributed by atoms with van der Waals surface area (Å²) in [6.07, 6.45) is 4.44. The molecule has 0 aliphatic carbocycles. The van der Waals surface area contributed by atoms with E-state index in [1.165, 1.54) is 32.4 Å². The molecule has 2 atom stereocenters. The second kappa shape index (κ2) is 7.38. The van der Waals surface area contributed by atoms with Crippen LogP contribution in [0, 0.1) is 0 Å². The van der Waals surface area contributed by atoms with Crippen molar-refractivity contribution in [3.8, 4) is 0 Å². The van der Waals surface area contributed by atoms with Crippen LogP contribution in [0.15, 0.2) is 0 Å². The fourth-order valence-electron chi connectivity index (χ4n) is 3.46. The summed E-state index contributed by atoms with van der Waals surface area (Å²) in [4.78, 5) is 16.9. The summed E-state index contributed by atoms with van der Waals surface area (Å²) in [6.45, 7) is 9.22. The van der Waals surface area contributed by atoms with Crippen molar-refractivity contribution in [3.63, 3.8) is 0 Å². The number of likely N-dealkylation sites (tertiary alicyclic amines) is 2. The van der Waals surface area contributed by atoms with E-state index < -0.39 is 0 Å². The normalized spacial score (nSPS) is 26.3. The van der Waals surface area contributed by atoms with Crippen LogP contribution in [0.4, 0.5) is 0 Å². The Labute approximate surface area is 122 Å². The molecule has 0 spiro atoms. The van der Waals surface area contributed by atoms with E-state index in [2.05, 4.69) is 15.1 Å². The maximum Gasteiger partial charge on any atom is 0.221 e. The Morgan fingerprint density at radius 1 is 1.30 bits per heavy atom. The van der Waals surface area contributed by atoms with Crippen LogP contribution in [0.1, 0.15) is 39.5 Å². The van der Waals surface area contributed by atoms with E-state index >= 15 is 0 Å². The first-order valence-corrected chi connectivity index (χ1v) is 8.07. The van der Waals surface area contributed by atoms with Crippen LogP contribution in [-0.4, -0.2) is 66.6 Å². The number of carbonyl (C=O) groups excluding carboxylic acids is 1. The van der Waals surface area contributed by atoms with E-state index in [4.69, 9.17) is 5.73 Å². The number of rotatable bonds is 6. The van der Waals surface area contributed by atoms with Gasteiger partial charge in [-0.2, -0.15) is 0 Å². The molecule has 1 amide bonds. The SMILES string of the molecule is CC(C)NC(=O)CC(CN)N1CCC(N2CCCC2)C1. The lowest BCUT2D eigenvalue weighted by molar-refractivity contribution is -0.122. The molecule has 2 unspecified atom stereocenters. The van der Waals surface area contributed by atoms with Gasteiger partial charge < -0.3 is 11.1 Å². The molecular weight excluding hydrogens is 252 g/mol. The first-order chi connectivity index (χ1) is 9.60. The summed E-state index contributed by atoms with van der Waals surface area (Å²) in [5, 5.41) is 2.97. The predicted octanol–water partition coefficient (Wildman–Crippen LogP) is 0.399. The van der Waals surface area contributed by atoms with Gasteiger partial charge in [0.1, 0.15) is 0 Å². The van der Waals surface area contributed by atoms with Crippen LogP contribution in [0.2, 0.25) is 0 Å². The molecule has 2 aliphatic heterocycles. The summed E-state index contributed by atoms with van der Waals surface area (Å²) < 4.78 is 0. The van der Waals surface area contributed by atoms with Crippen molar-refractivity contribution < 1.29 is 4.79 Å². The Morgan fingerprint density at radius 3 is 2.60 bits per heavy atom. The van der Waals surface area contributed by atoms with Crippen LogP contribution >= 0.6 is 0 Å². The summed E-state index contributed by atoms with van der Waals surface area (Å²) >= 11 is 0. The molecule has 2 saturated heterocycles. The molecule has 0 aromatic carbocycles. The van der Waals surface area contributed by atoms with E-state index in [0.29, 0.717) is 19.0 Å². The van der Waals surface area contributed by atoms with Crippen LogP contribution in [0.25, 0.3) is 0 Å². The molecule has 0 aromatic heterocycles. The van der Waals surface area contributed by atoms with Crippen LogP contribution in [0.5, 0.6) is 0 Å². The highest BCUT2D eigenvalue weighted by molar-refractivity contribution is 5.76. The third kappa shape index (κ3) is 4.17. The largest absolute Gasteiger partial charge is 0.354 e. The van der Waals surface area contributed by atoms with Crippen molar-refractivity contribution in [2.75, 3.05) is 32.7 Å². The minimum absolute atomic E-state index is 0.125. The number of nitrogens with zero attached hydrogens (tertiary/aromatic N) is 2. The zero-order chi connectivity index (χ0) is 14.5. The highest BCUT2D eigenvalue weighted by Gasteiger charge is 2.32. The van der Waals surface area contributed by atoms with Gasteiger partial charge in [0.15, 0.2) is 0 Å². The number of hydrogen-bond donors (Lipinski definition) is 2. The van der Waals surface area contributed by atoms with Gasteiger partial charge in [0.2, 0.25) is 5.91 Å². The molecule has 2 fully saturated rings. The van der Waals surface area contributed by atoms with Gasteiger partial charge in [-0.3, -0.25) is 14.6 Å². The lowest BCUT2D eigenvalue weighted by Crippen LogP contribution is -2.45. The third-order valence-electron chi connectivity index (χ3n) is 4.51. The van der Waals surface area contributed by atoms with E-state index in [1.54, 1.807) is 0 Å². The Balaban J connectivity index is 1.81. The zero-order valence-corrected chi connectivity index (χ0v) is 13.0. The molecule has 0 aromatic rings. The van der Waals surface area contributed by atoms with Crippen LogP contribution in [0.3, 0.4) is 0 Å². The standard InChI is InChI=1S/C15H30N4O/c1-12(2)17-15(20)9-14(10-16)19-8-5-13(11-19)18-6-3-4-7-18/h12-14H,3-11,16H2,1-2H3,(H,17,20). The number of nitrogens with two attached hydrogens (primary N) is 1. The molecule has 20 heavy (non-hydrogen) atoms. The number of nitrogens with one attached hydrogen (secondary N) is 1. The Hall–Kier alpha value is -0.650. The van der Waals surface area contributed by atoms with Crippen LogP contribution in [-0.2, 0) is 4.79 Å². The minimum Gasteiger partial charge on any atom is -0.354 e. The van der Waals surface area contributed by atoms with E-state index in [-0.39, 0.29) is 18.0 Å². The monoisotopic (exact) mass is 282 g/mol. The second-order valence-electron chi connectivity index (χ2n) is 6.50. The molecule has 2 rings (SSSR count). The van der Waals surface area contributed by atoms with Crippen molar-refractivity contribution in [2.45, 2.75) is 57.7 Å². The maximum absolute atomic E-state index is 11.9. The topological polar surface area (TPSA) is 61.6 Å². The van der Waals surface area contributed by atoms with Gasteiger partial charge in [-0.1, -0.05) is 0 Å². The number of hydrogen-bond acceptors (Lipinski definition) is 4. The van der Waals surface area contributed by atoms with Gasteiger partial charge in [-0.15, -0.1) is 0 Å². The number of amides is 1. The summed E-state index contributed by atoms with van der Waals surface area (Å²) in [6, 6.07) is 1.08. The van der Waals surface area contributed by atoms with Gasteiger partial charge in [0.05, 0.1) is 0 Å². The molecule has 0 radical (unpaired) electrons. The van der Waals surface area contributed by atoms with Gasteiger partial charge in [-0.25, -0.2) is 0 Å². The Morgan fingerprint density at radius 2 is 2.00 bits per heavy atom. The molecule has 3 N–H and O–H groups in total. The molecule has 0 saturated carbocycles. The quantitative estimate of drug-likeness (QED) is 0.740. The molecule has 5 heteroatoms. The van der Waals surface area contributed by atoms with E-state index in [9.17, 15) is 4.79 Å². The fraction of sp³-hybridized carbons (Fsp3) is 0.933. The van der Waals surface area contributed by atoms with Gasteiger partial charge in [0, 0.05) is 44.2 Å². The van der Waals surface area contributed by atoms with Gasteiger partial charge in [-0.05, 0) is 46.2 Å². The Kier molecular flexibility index (Phi) is 5.81. The Bertz CT molecular complexity index is 315. The molecular formula is C15H30N4O. The molecule has 5 nitrogen and oxygen atoms in total. The fourth-order valence-corrected chi connectivity index (χ4v) is 3.46. The predicted molar refractivity (Wildman–Crippen MR) is 81.5 cm³/mol. The van der Waals surface area contributed by atoms with Crippen molar-refractivity contribution in [1.82, 2.24) is 15.1 Å². The first kappa shape index (κ1) is 15.7. The van der Waals surface area contributed by atoms with Crippen LogP contribution < -0.4 is 11.1 Å². The van der Waals surface area contributed by atoms with Crippen molar-refractivity contribution in [3.05, 3.63) is 0 Å². The van der Waals surface area contributed by atoms with Gasteiger partial charge >= 0.3 is 0 Å². The summed E-state index contributed by atoms with van der Waals surface area (Å²) in [7, 11) is 0. The highest BCUT2D eigenvalue weighted by atomic mass is 16.1. The highest BCUT2D eigenvalue weighted by Crippen LogP contribution is 2.22. The average molecular weight is 282 g/mol. The second-order valence-corrected chi connectivity index (χ2v) is 6.50. The minimum atomic E-state index is 0.125. The van der Waals surface area contributed by atoms with Gasteiger partial charge in [0.25, 0.3) is 0 Å². The maximum atomic E-state index is 11.9. The smallest absolute Gasteiger partial charge is 0.221 e. The van der Waals surface area contributed by atoms with E-state index in [1.807, 2.05) is 13.8 Å². The number of carbonyl (C=O) groups is 1. The van der Waals surface area contributed by atoms with Crippen molar-refractivity contribution in [2.24, 2.45) is 5.73 Å². The average Bonchev–Trinajstić information content (AvgIpc) is 3.05. The lowest BCUT2D eigenvalue weighted by Gasteiger charge is -2.28. The van der Waals surface area contributed by atoms with Crippen molar-refractivity contribution in [1.29, 1.82) is 0 Å². The molecule has 2 aliphatic rings. The third-order valence-corrected chi connectivity index (χ3v) is 4.51. The van der Waals surface area contributed by atoms with E-state index in [0.717, 1.165) is 13.1 Å². The van der Waals surface area contributed by atoms with Crippen molar-refractivity contribution >= 4 is 5.91 Å². The molecule has 116 valence electrons. The lowest BCUT2D eigenvalue weighted by atomic mass is 10.1. The summed E-state index contributed by atoms with van der Waals surface area (Å²) in [5.74, 6) is 0.125. The summed E-state index contributed by atoms with van der Waals surface area (Å²) in [5.41, 5.74) is 5.90. The first-order valence-electron chi connectivity index (χ1n) is 8.07.